The summed E-state index contributed by atoms with van der Waals surface area (Å²) in [5.74, 6) is 0.641. The van der Waals surface area contributed by atoms with Crippen molar-refractivity contribution in [1.82, 2.24) is 4.90 Å². The molecule has 2 N–H and O–H groups in total. The molecule has 2 atom stereocenters. The van der Waals surface area contributed by atoms with Crippen LogP contribution < -0.4 is 5.73 Å². The van der Waals surface area contributed by atoms with Crippen LogP contribution in [-0.4, -0.2) is 31.6 Å². The van der Waals surface area contributed by atoms with Crippen molar-refractivity contribution in [3.63, 3.8) is 0 Å². The van der Waals surface area contributed by atoms with Gasteiger partial charge in [0.15, 0.2) is 0 Å². The lowest BCUT2D eigenvalue weighted by Crippen LogP contribution is -2.38. The average molecular weight is 144 g/mol. The first kappa shape index (κ1) is 9.92. The van der Waals surface area contributed by atoms with E-state index in [1.54, 1.807) is 0 Å². The molecule has 0 bridgehead atoms. The minimum atomic E-state index is 0.333. The highest BCUT2D eigenvalue weighted by Gasteiger charge is 2.10. The lowest BCUT2D eigenvalue weighted by atomic mass is 10.00. The second kappa shape index (κ2) is 4.69. The maximum absolute atomic E-state index is 5.89. The van der Waals surface area contributed by atoms with Gasteiger partial charge in [0.25, 0.3) is 0 Å². The molecule has 2 nitrogen and oxygen atoms in total. The molecule has 2 heteroatoms. The number of likely N-dealkylation sites (N-methyl/N-ethyl adjacent to an activating group) is 1. The fourth-order valence-electron chi connectivity index (χ4n) is 0.904. The van der Waals surface area contributed by atoms with Crippen LogP contribution in [0, 0.1) is 5.92 Å². The Balaban J connectivity index is 3.50. The summed E-state index contributed by atoms with van der Waals surface area (Å²) >= 11 is 0. The number of hydrogen-bond acceptors (Lipinski definition) is 2. The van der Waals surface area contributed by atoms with Crippen LogP contribution in [0.15, 0.2) is 0 Å². The maximum atomic E-state index is 5.89. The standard InChI is InChI=1S/C8H20N2/c1-5-7(2)8(9)6-10(3)4/h7-8H,5-6,9H2,1-4H3/t7-,8-/m0/s1. The normalized spacial score (nSPS) is 17.4. The van der Waals surface area contributed by atoms with Gasteiger partial charge in [0, 0.05) is 12.6 Å². The maximum Gasteiger partial charge on any atom is 0.0193 e. The Morgan fingerprint density at radius 2 is 1.90 bits per heavy atom. The van der Waals surface area contributed by atoms with Crippen molar-refractivity contribution in [3.8, 4) is 0 Å². The SMILES string of the molecule is CC[C@H](C)[C@@H](N)CN(C)C. The predicted molar refractivity (Wildman–Crippen MR) is 46.0 cm³/mol. The molecule has 0 fully saturated rings. The van der Waals surface area contributed by atoms with Crippen LogP contribution in [0.5, 0.6) is 0 Å². The zero-order valence-corrected chi connectivity index (χ0v) is 7.59. The Labute approximate surface area is 64.4 Å². The molecule has 0 saturated heterocycles. The Morgan fingerprint density at radius 3 is 2.20 bits per heavy atom. The van der Waals surface area contributed by atoms with E-state index in [2.05, 4.69) is 32.8 Å². The average Bonchev–Trinajstić information content (AvgIpc) is 1.85. The van der Waals surface area contributed by atoms with E-state index in [0.29, 0.717) is 12.0 Å². The zero-order valence-electron chi connectivity index (χ0n) is 7.59. The quantitative estimate of drug-likeness (QED) is 0.636. The Kier molecular flexibility index (Phi) is 4.65. The highest BCUT2D eigenvalue weighted by Crippen LogP contribution is 2.04. The third-order valence-electron chi connectivity index (χ3n) is 1.95. The fourth-order valence-corrected chi connectivity index (χ4v) is 0.904. The lowest BCUT2D eigenvalue weighted by Gasteiger charge is -2.21. The van der Waals surface area contributed by atoms with E-state index < -0.39 is 0 Å². The molecule has 0 unspecified atom stereocenters. The van der Waals surface area contributed by atoms with Gasteiger partial charge >= 0.3 is 0 Å². The van der Waals surface area contributed by atoms with E-state index in [-0.39, 0.29) is 0 Å². The third kappa shape index (κ3) is 3.85. The number of nitrogens with two attached hydrogens (primary N) is 1. The van der Waals surface area contributed by atoms with E-state index in [0.717, 1.165) is 6.54 Å². The first-order chi connectivity index (χ1) is 4.57. The van der Waals surface area contributed by atoms with Gasteiger partial charge in [-0.1, -0.05) is 20.3 Å². The van der Waals surface area contributed by atoms with E-state index in [1.165, 1.54) is 6.42 Å². The molecule has 10 heavy (non-hydrogen) atoms. The van der Waals surface area contributed by atoms with Crippen LogP contribution in [0.4, 0.5) is 0 Å². The molecule has 0 radical (unpaired) electrons. The van der Waals surface area contributed by atoms with Crippen LogP contribution in [-0.2, 0) is 0 Å². The van der Waals surface area contributed by atoms with Crippen LogP contribution in [0.25, 0.3) is 0 Å². The summed E-state index contributed by atoms with van der Waals surface area (Å²) in [6.07, 6.45) is 1.18. The second-order valence-corrected chi connectivity index (χ2v) is 3.31. The summed E-state index contributed by atoms with van der Waals surface area (Å²) in [5, 5.41) is 0. The van der Waals surface area contributed by atoms with Crippen molar-refractivity contribution in [2.75, 3.05) is 20.6 Å². The van der Waals surface area contributed by atoms with Gasteiger partial charge in [-0.2, -0.15) is 0 Å². The summed E-state index contributed by atoms with van der Waals surface area (Å²) in [7, 11) is 4.12. The van der Waals surface area contributed by atoms with Crippen molar-refractivity contribution in [2.45, 2.75) is 26.3 Å². The van der Waals surface area contributed by atoms with Gasteiger partial charge in [-0.05, 0) is 20.0 Å². The highest BCUT2D eigenvalue weighted by molar-refractivity contribution is 4.69. The van der Waals surface area contributed by atoms with E-state index >= 15 is 0 Å². The van der Waals surface area contributed by atoms with E-state index in [1.807, 2.05) is 0 Å². The Hall–Kier alpha value is -0.0800. The molecule has 0 saturated carbocycles. The molecule has 0 aliphatic carbocycles. The summed E-state index contributed by atoms with van der Waals surface area (Å²) < 4.78 is 0. The van der Waals surface area contributed by atoms with Gasteiger partial charge in [0.05, 0.1) is 0 Å². The van der Waals surface area contributed by atoms with Crippen molar-refractivity contribution in [3.05, 3.63) is 0 Å². The topological polar surface area (TPSA) is 29.3 Å². The van der Waals surface area contributed by atoms with Crippen molar-refractivity contribution < 1.29 is 0 Å². The third-order valence-corrected chi connectivity index (χ3v) is 1.95. The van der Waals surface area contributed by atoms with Gasteiger partial charge in [0.2, 0.25) is 0 Å². The first-order valence-corrected chi connectivity index (χ1v) is 3.98. The molecule has 0 aliphatic rings. The van der Waals surface area contributed by atoms with Crippen LogP contribution >= 0.6 is 0 Å². The first-order valence-electron chi connectivity index (χ1n) is 3.98. The second-order valence-electron chi connectivity index (χ2n) is 3.31. The number of nitrogens with zero attached hydrogens (tertiary/aromatic N) is 1. The molecule has 0 amide bonds. The fraction of sp³-hybridized carbons (Fsp3) is 1.00. The molecule has 62 valence electrons. The van der Waals surface area contributed by atoms with Crippen LogP contribution in [0.2, 0.25) is 0 Å². The lowest BCUT2D eigenvalue weighted by molar-refractivity contribution is 0.315. The van der Waals surface area contributed by atoms with Crippen LogP contribution in [0.3, 0.4) is 0 Å². The molecule has 0 aromatic rings. The molecule has 0 aliphatic heterocycles. The summed E-state index contributed by atoms with van der Waals surface area (Å²) in [4.78, 5) is 2.14. The molecule has 0 aromatic heterocycles. The van der Waals surface area contributed by atoms with Gasteiger partial charge in [-0.3, -0.25) is 0 Å². The molecule has 0 aromatic carbocycles. The van der Waals surface area contributed by atoms with E-state index in [9.17, 15) is 0 Å². The minimum Gasteiger partial charge on any atom is -0.326 e. The molecule has 0 rings (SSSR count). The van der Waals surface area contributed by atoms with Crippen molar-refractivity contribution >= 4 is 0 Å². The Bertz CT molecular complexity index is 81.3. The Morgan fingerprint density at radius 1 is 1.40 bits per heavy atom. The smallest absolute Gasteiger partial charge is 0.0193 e. The molecule has 0 heterocycles. The molecule has 0 spiro atoms. The predicted octanol–water partition coefficient (Wildman–Crippen LogP) is 0.921. The molecular weight excluding hydrogens is 124 g/mol. The largest absolute Gasteiger partial charge is 0.326 e. The highest BCUT2D eigenvalue weighted by atomic mass is 15.1. The van der Waals surface area contributed by atoms with Crippen LogP contribution in [0.1, 0.15) is 20.3 Å². The van der Waals surface area contributed by atoms with Gasteiger partial charge in [-0.25, -0.2) is 0 Å². The number of rotatable bonds is 4. The van der Waals surface area contributed by atoms with Gasteiger partial charge in [-0.15, -0.1) is 0 Å². The van der Waals surface area contributed by atoms with Gasteiger partial charge in [0.1, 0.15) is 0 Å². The summed E-state index contributed by atoms with van der Waals surface area (Å²) in [6, 6.07) is 0.333. The number of hydrogen-bond donors (Lipinski definition) is 1. The summed E-state index contributed by atoms with van der Waals surface area (Å²) in [5.41, 5.74) is 5.89. The van der Waals surface area contributed by atoms with Gasteiger partial charge < -0.3 is 10.6 Å². The van der Waals surface area contributed by atoms with Crippen molar-refractivity contribution in [1.29, 1.82) is 0 Å². The zero-order chi connectivity index (χ0) is 8.15. The summed E-state index contributed by atoms with van der Waals surface area (Å²) in [6.45, 7) is 5.38. The van der Waals surface area contributed by atoms with Crippen molar-refractivity contribution in [2.24, 2.45) is 11.7 Å². The molecular formula is C8H20N2. The minimum absolute atomic E-state index is 0.333. The monoisotopic (exact) mass is 144 g/mol. The van der Waals surface area contributed by atoms with E-state index in [4.69, 9.17) is 5.73 Å².